The normalized spacial score (nSPS) is 25.5. The molecule has 1 aromatic rings. The van der Waals surface area contributed by atoms with Crippen molar-refractivity contribution >= 4 is 11.3 Å². The Bertz CT molecular complexity index is 381. The van der Waals surface area contributed by atoms with Gasteiger partial charge in [0.2, 0.25) is 0 Å². The molecule has 1 aromatic heterocycles. The Kier molecular flexibility index (Phi) is 4.20. The molecule has 3 rings (SSSR count). The summed E-state index contributed by atoms with van der Waals surface area (Å²) in [5, 5.41) is 13.9. The van der Waals surface area contributed by atoms with Crippen LogP contribution in [-0.4, -0.2) is 39.7 Å². The molecule has 0 bridgehead atoms. The first-order valence-electron chi connectivity index (χ1n) is 7.63. The fourth-order valence-corrected chi connectivity index (χ4v) is 4.55. The predicted molar refractivity (Wildman–Crippen MR) is 78.4 cm³/mol. The van der Waals surface area contributed by atoms with E-state index in [4.69, 9.17) is 0 Å². The Morgan fingerprint density at radius 2 is 1.95 bits per heavy atom. The molecule has 2 aliphatic rings. The zero-order valence-electron chi connectivity index (χ0n) is 11.6. The van der Waals surface area contributed by atoms with Gasteiger partial charge in [0.1, 0.15) is 0 Å². The Balaban J connectivity index is 1.75. The average molecular weight is 280 g/mol. The maximum atomic E-state index is 10.8. The fraction of sp³-hybridized carbons (Fsp3) is 0.800. The van der Waals surface area contributed by atoms with Gasteiger partial charge in [0, 0.05) is 23.5 Å². The van der Waals surface area contributed by atoms with E-state index in [0.717, 1.165) is 11.4 Å². The van der Waals surface area contributed by atoms with Crippen LogP contribution in [-0.2, 0) is 6.42 Å². The van der Waals surface area contributed by atoms with Crippen LogP contribution in [0.2, 0.25) is 0 Å². The summed E-state index contributed by atoms with van der Waals surface area (Å²) in [6, 6.07) is 0. The number of hydrogen-bond acceptors (Lipinski definition) is 4. The number of aliphatic hydroxyl groups excluding tert-OH is 1. The number of hydrogen-bond donors (Lipinski definition) is 1. The van der Waals surface area contributed by atoms with Crippen LogP contribution in [0.4, 0.5) is 0 Å². The fourth-order valence-electron chi connectivity index (χ4n) is 3.90. The molecule has 1 atom stereocenters. The first-order chi connectivity index (χ1) is 9.31. The monoisotopic (exact) mass is 280 g/mol. The summed E-state index contributed by atoms with van der Waals surface area (Å²) in [6.07, 6.45) is 11.1. The van der Waals surface area contributed by atoms with E-state index in [9.17, 15) is 5.11 Å². The molecule has 19 heavy (non-hydrogen) atoms. The molecule has 0 aromatic carbocycles. The van der Waals surface area contributed by atoms with Crippen molar-refractivity contribution in [3.05, 3.63) is 16.6 Å². The van der Waals surface area contributed by atoms with Crippen LogP contribution >= 0.6 is 11.3 Å². The topological polar surface area (TPSA) is 36.4 Å². The maximum Gasteiger partial charge on any atom is 0.0951 e. The molecule has 3 nitrogen and oxygen atoms in total. The summed E-state index contributed by atoms with van der Waals surface area (Å²) in [5.41, 5.74) is 0.0477. The van der Waals surface area contributed by atoms with E-state index >= 15 is 0 Å². The number of aliphatic hydroxyl groups is 1. The van der Waals surface area contributed by atoms with Crippen LogP contribution in [0.5, 0.6) is 0 Å². The lowest BCUT2D eigenvalue weighted by molar-refractivity contribution is -0.0380. The number of thiazole rings is 1. The van der Waals surface area contributed by atoms with Crippen molar-refractivity contribution in [2.24, 2.45) is 0 Å². The highest BCUT2D eigenvalue weighted by Gasteiger charge is 2.45. The van der Waals surface area contributed by atoms with E-state index in [1.54, 1.807) is 11.3 Å². The molecule has 1 saturated heterocycles. The quantitative estimate of drug-likeness (QED) is 0.921. The van der Waals surface area contributed by atoms with Gasteiger partial charge in [-0.25, -0.2) is 4.98 Å². The van der Waals surface area contributed by atoms with Crippen molar-refractivity contribution < 1.29 is 5.11 Å². The third kappa shape index (κ3) is 2.71. The van der Waals surface area contributed by atoms with Crippen LogP contribution in [0.25, 0.3) is 0 Å². The molecule has 1 aliphatic carbocycles. The summed E-state index contributed by atoms with van der Waals surface area (Å²) in [7, 11) is 0. The van der Waals surface area contributed by atoms with Gasteiger partial charge < -0.3 is 5.11 Å². The van der Waals surface area contributed by atoms with Crippen molar-refractivity contribution in [2.45, 2.75) is 63.0 Å². The van der Waals surface area contributed by atoms with Crippen molar-refractivity contribution in [3.63, 3.8) is 0 Å². The number of piperidine rings is 1. The van der Waals surface area contributed by atoms with Gasteiger partial charge in [0.25, 0.3) is 0 Å². The third-order valence-electron chi connectivity index (χ3n) is 4.93. The Labute approximate surface area is 119 Å². The molecule has 2 fully saturated rings. The highest BCUT2D eigenvalue weighted by Crippen LogP contribution is 2.40. The second-order valence-corrected chi connectivity index (χ2v) is 6.98. The SMILES string of the molecule is OC(Cc1nccs1)C1(N2CCCCC2)CCCC1. The zero-order valence-corrected chi connectivity index (χ0v) is 12.4. The first-order valence-corrected chi connectivity index (χ1v) is 8.51. The predicted octanol–water partition coefficient (Wildman–Crippen LogP) is 2.85. The van der Waals surface area contributed by atoms with E-state index < -0.39 is 0 Å². The molecule has 4 heteroatoms. The van der Waals surface area contributed by atoms with E-state index in [2.05, 4.69) is 9.88 Å². The molecule has 0 radical (unpaired) electrons. The molecule has 1 unspecified atom stereocenters. The molecule has 0 spiro atoms. The van der Waals surface area contributed by atoms with Crippen molar-refractivity contribution in [1.29, 1.82) is 0 Å². The number of nitrogens with zero attached hydrogens (tertiary/aromatic N) is 2. The van der Waals surface area contributed by atoms with Crippen molar-refractivity contribution in [3.8, 4) is 0 Å². The van der Waals surface area contributed by atoms with E-state index in [1.807, 2.05) is 11.6 Å². The van der Waals surface area contributed by atoms with Gasteiger partial charge in [0.05, 0.1) is 11.1 Å². The standard InChI is InChI=1S/C15H24N2OS/c18-13(12-14-16-8-11-19-14)15(6-2-3-7-15)17-9-4-1-5-10-17/h8,11,13,18H,1-7,9-10,12H2. The number of rotatable bonds is 4. The summed E-state index contributed by atoms with van der Waals surface area (Å²) >= 11 is 1.67. The molecule has 106 valence electrons. The minimum absolute atomic E-state index is 0.0477. The molecule has 1 N–H and O–H groups in total. The lowest BCUT2D eigenvalue weighted by Gasteiger charge is -2.46. The highest BCUT2D eigenvalue weighted by atomic mass is 32.1. The Morgan fingerprint density at radius 1 is 1.21 bits per heavy atom. The molecule has 2 heterocycles. The first kappa shape index (κ1) is 13.5. The van der Waals surface area contributed by atoms with Gasteiger partial charge in [-0.1, -0.05) is 19.3 Å². The molecule has 1 saturated carbocycles. The van der Waals surface area contributed by atoms with Gasteiger partial charge in [-0.05, 0) is 38.8 Å². The van der Waals surface area contributed by atoms with Crippen LogP contribution in [0.15, 0.2) is 11.6 Å². The van der Waals surface area contributed by atoms with E-state index in [1.165, 1.54) is 58.0 Å². The summed E-state index contributed by atoms with van der Waals surface area (Å²) in [4.78, 5) is 6.94. The van der Waals surface area contributed by atoms with Gasteiger partial charge in [0.15, 0.2) is 0 Å². The third-order valence-corrected chi connectivity index (χ3v) is 5.73. The molecular weight excluding hydrogens is 256 g/mol. The van der Waals surface area contributed by atoms with E-state index in [-0.39, 0.29) is 11.6 Å². The Hall–Kier alpha value is -0.450. The summed E-state index contributed by atoms with van der Waals surface area (Å²) in [5.74, 6) is 0. The van der Waals surface area contributed by atoms with Gasteiger partial charge in [-0.3, -0.25) is 4.90 Å². The van der Waals surface area contributed by atoms with Crippen LogP contribution < -0.4 is 0 Å². The van der Waals surface area contributed by atoms with E-state index in [0.29, 0.717) is 0 Å². The lowest BCUT2D eigenvalue weighted by Crippen LogP contribution is -2.57. The lowest BCUT2D eigenvalue weighted by atomic mass is 9.85. The van der Waals surface area contributed by atoms with Crippen LogP contribution in [0.1, 0.15) is 50.0 Å². The second-order valence-electron chi connectivity index (χ2n) is 6.00. The van der Waals surface area contributed by atoms with Crippen LogP contribution in [0.3, 0.4) is 0 Å². The number of aromatic nitrogens is 1. The van der Waals surface area contributed by atoms with Gasteiger partial charge >= 0.3 is 0 Å². The Morgan fingerprint density at radius 3 is 2.58 bits per heavy atom. The second kappa shape index (κ2) is 5.90. The number of likely N-dealkylation sites (tertiary alicyclic amines) is 1. The molecule has 0 amide bonds. The average Bonchev–Trinajstić information content (AvgIpc) is 3.11. The summed E-state index contributed by atoms with van der Waals surface area (Å²) < 4.78 is 0. The van der Waals surface area contributed by atoms with Crippen molar-refractivity contribution in [1.82, 2.24) is 9.88 Å². The smallest absolute Gasteiger partial charge is 0.0951 e. The minimum atomic E-state index is -0.251. The zero-order chi connectivity index (χ0) is 13.1. The van der Waals surface area contributed by atoms with Gasteiger partial charge in [-0.2, -0.15) is 0 Å². The van der Waals surface area contributed by atoms with Crippen molar-refractivity contribution in [2.75, 3.05) is 13.1 Å². The highest BCUT2D eigenvalue weighted by molar-refractivity contribution is 7.09. The van der Waals surface area contributed by atoms with Crippen LogP contribution in [0, 0.1) is 0 Å². The van der Waals surface area contributed by atoms with Gasteiger partial charge in [-0.15, -0.1) is 11.3 Å². The minimum Gasteiger partial charge on any atom is -0.391 e. The maximum absolute atomic E-state index is 10.8. The summed E-state index contributed by atoms with van der Waals surface area (Å²) in [6.45, 7) is 2.35. The largest absolute Gasteiger partial charge is 0.391 e. The molecule has 1 aliphatic heterocycles. The molecular formula is C15H24N2OS.